The van der Waals surface area contributed by atoms with E-state index in [4.69, 9.17) is 9.57 Å². The number of Topliss-reactive ketones (excluding diaryl/α,β-unsaturated/α-hetero) is 1. The number of amides is 3. The predicted molar refractivity (Wildman–Crippen MR) is 224 cm³/mol. The van der Waals surface area contributed by atoms with Gasteiger partial charge in [0.25, 0.3) is 11.8 Å². The van der Waals surface area contributed by atoms with Crippen LogP contribution in [0.3, 0.4) is 0 Å². The molecule has 1 aliphatic heterocycles. The molecule has 0 bridgehead atoms. The number of nitrogens with zero attached hydrogens (tertiary/aromatic N) is 2. The third-order valence-electron chi connectivity index (χ3n) is 10.3. The number of ether oxygens (including phenoxy) is 1. The number of carbonyl (C=O) groups excluding carboxylic acids is 6. The molecule has 15 nitrogen and oxygen atoms in total. The van der Waals surface area contributed by atoms with Gasteiger partial charge < -0.3 is 35.2 Å². The molecule has 0 aliphatic carbocycles. The van der Waals surface area contributed by atoms with Crippen molar-refractivity contribution in [1.29, 1.82) is 0 Å². The molecule has 8 atom stereocenters. The van der Waals surface area contributed by atoms with Crippen LogP contribution in [0.5, 0.6) is 0 Å². The minimum atomic E-state index is -1.15. The Morgan fingerprint density at radius 3 is 2.36 bits per heavy atom. The van der Waals surface area contributed by atoms with Gasteiger partial charge in [-0.1, -0.05) is 87.6 Å². The van der Waals surface area contributed by atoms with Crippen LogP contribution in [0.15, 0.2) is 78.4 Å². The van der Waals surface area contributed by atoms with E-state index in [1.54, 1.807) is 45.2 Å². The molecule has 1 fully saturated rings. The van der Waals surface area contributed by atoms with Crippen LogP contribution in [-0.2, 0) is 44.8 Å². The summed E-state index contributed by atoms with van der Waals surface area (Å²) in [6, 6.07) is 7.06. The number of allylic oxidation sites excluding steroid dienone is 4. The fraction of sp³-hybridized carbons (Fsp3) is 0.545. The molecule has 1 aromatic carbocycles. The van der Waals surface area contributed by atoms with E-state index in [-0.39, 0.29) is 43.3 Å². The third-order valence-corrected chi connectivity index (χ3v) is 10.3. The van der Waals surface area contributed by atoms with Crippen LogP contribution in [0.25, 0.3) is 0 Å². The Hall–Kier alpha value is -4.80. The maximum atomic E-state index is 14.0. The van der Waals surface area contributed by atoms with Gasteiger partial charge in [0.1, 0.15) is 30.3 Å². The Morgan fingerprint density at radius 1 is 1.05 bits per heavy atom. The number of carbonyl (C=O) groups is 6. The van der Waals surface area contributed by atoms with Gasteiger partial charge in [0.05, 0.1) is 25.4 Å². The van der Waals surface area contributed by atoms with Gasteiger partial charge in [-0.3, -0.25) is 29.0 Å². The minimum absolute atomic E-state index is 0.0274. The molecule has 2 rings (SSSR count). The first-order valence-electron chi connectivity index (χ1n) is 20.1. The molecule has 1 heterocycles. The normalized spacial score (nSPS) is 18.6. The topological polar surface area (TPSA) is 204 Å². The molecule has 0 aromatic heterocycles. The van der Waals surface area contributed by atoms with E-state index in [1.807, 2.05) is 44.2 Å². The van der Waals surface area contributed by atoms with Gasteiger partial charge in [0.15, 0.2) is 0 Å². The van der Waals surface area contributed by atoms with Crippen molar-refractivity contribution in [3.05, 3.63) is 84.0 Å². The molecule has 5 N–H and O–H groups in total. The van der Waals surface area contributed by atoms with Crippen molar-refractivity contribution < 1.29 is 48.6 Å². The molecule has 15 heteroatoms. The SMILES string of the molecule is CNC(C(=O)NC(Cc1ccccc1)C(=O)N1CCCC(C(=O)O[C@@H](C/C=C/C=C/[C@H](O)C(C)C(O)C(C=O)CCC(C)=O)/C(C)=C/C=C/C(=O)N(C)OC)N1)C(C)C. The lowest BCUT2D eigenvalue weighted by molar-refractivity contribution is -0.162. The standard InChI is InChI=1S/C44H65N5O10/c1-29(2)40(45-6)42(55)46-36(27-33-18-11-9-12-19-33)43(56)49-26-16-20-35(47-49)44(57)59-38(30(3)17-15-23-39(53)48(7)58-8)22-14-10-13-21-37(52)32(5)41(54)34(28-50)25-24-31(4)51/h9-15,17-19,21,23,28-29,32,34-38,40-41,45,47,52,54H,16,20,22,24-27H2,1-8H3,(H,46,55)/b14-10+,21-13+,23-15+,30-17+/t32?,34?,35?,36?,37-,38-,40?,41?/m0/s1. The van der Waals surface area contributed by atoms with Crippen molar-refractivity contribution >= 4 is 35.8 Å². The number of ketones is 1. The predicted octanol–water partition coefficient (Wildman–Crippen LogP) is 2.93. The first-order valence-corrected chi connectivity index (χ1v) is 20.1. The van der Waals surface area contributed by atoms with Crippen molar-refractivity contribution in [2.24, 2.45) is 17.8 Å². The summed E-state index contributed by atoms with van der Waals surface area (Å²) in [5, 5.41) is 29.7. The van der Waals surface area contributed by atoms with E-state index in [9.17, 15) is 39.0 Å². The molecule has 59 heavy (non-hydrogen) atoms. The van der Waals surface area contributed by atoms with E-state index >= 15 is 0 Å². The van der Waals surface area contributed by atoms with Gasteiger partial charge in [-0.15, -0.1) is 0 Å². The summed E-state index contributed by atoms with van der Waals surface area (Å²) in [6.07, 6.45) is 10.1. The van der Waals surface area contributed by atoms with Crippen molar-refractivity contribution in [2.45, 2.75) is 110 Å². The summed E-state index contributed by atoms with van der Waals surface area (Å²) in [6.45, 7) is 8.90. The third kappa shape index (κ3) is 17.1. The van der Waals surface area contributed by atoms with Crippen molar-refractivity contribution in [3.63, 3.8) is 0 Å². The Kier molecular flexibility index (Phi) is 22.5. The summed E-state index contributed by atoms with van der Waals surface area (Å²) >= 11 is 0. The number of hydrogen-bond donors (Lipinski definition) is 5. The summed E-state index contributed by atoms with van der Waals surface area (Å²) in [5.41, 5.74) is 4.51. The highest BCUT2D eigenvalue weighted by atomic mass is 16.7. The van der Waals surface area contributed by atoms with Crippen molar-refractivity contribution in [2.75, 3.05) is 27.7 Å². The summed E-state index contributed by atoms with van der Waals surface area (Å²) in [4.78, 5) is 81.1. The van der Waals surface area contributed by atoms with Gasteiger partial charge in [0, 0.05) is 50.8 Å². The highest BCUT2D eigenvalue weighted by molar-refractivity contribution is 5.90. The molecule has 6 unspecified atom stereocenters. The van der Waals surface area contributed by atoms with Crippen LogP contribution in [-0.4, -0.2) is 120 Å². The average Bonchev–Trinajstić information content (AvgIpc) is 3.22. The second kappa shape index (κ2) is 26.3. The zero-order valence-electron chi connectivity index (χ0n) is 35.7. The number of esters is 1. The lowest BCUT2D eigenvalue weighted by atomic mass is 9.86. The van der Waals surface area contributed by atoms with Crippen LogP contribution >= 0.6 is 0 Å². The average molecular weight is 824 g/mol. The lowest BCUT2D eigenvalue weighted by Gasteiger charge is -2.36. The van der Waals surface area contributed by atoms with E-state index in [1.165, 1.54) is 44.3 Å². The Balaban J connectivity index is 2.25. The number of aliphatic hydroxyl groups is 2. The van der Waals surface area contributed by atoms with E-state index in [0.29, 0.717) is 31.2 Å². The van der Waals surface area contributed by atoms with Crippen LogP contribution in [0.2, 0.25) is 0 Å². The van der Waals surface area contributed by atoms with E-state index < -0.39 is 66.1 Å². The highest BCUT2D eigenvalue weighted by Crippen LogP contribution is 2.21. The molecule has 0 saturated carbocycles. The van der Waals surface area contributed by atoms with Crippen molar-refractivity contribution in [3.8, 4) is 0 Å². The number of rotatable bonds is 24. The summed E-state index contributed by atoms with van der Waals surface area (Å²) in [7, 11) is 4.52. The zero-order valence-corrected chi connectivity index (χ0v) is 35.7. The lowest BCUT2D eigenvalue weighted by Crippen LogP contribution is -2.61. The Bertz CT molecular complexity index is 1640. The second-order valence-electron chi connectivity index (χ2n) is 15.2. The molecule has 0 radical (unpaired) electrons. The zero-order chi connectivity index (χ0) is 44.1. The number of benzene rings is 1. The number of hydroxylamine groups is 2. The van der Waals surface area contributed by atoms with Crippen LogP contribution in [0, 0.1) is 17.8 Å². The van der Waals surface area contributed by atoms with Gasteiger partial charge in [-0.2, -0.15) is 0 Å². The number of hydrogen-bond acceptors (Lipinski definition) is 12. The van der Waals surface area contributed by atoms with Gasteiger partial charge in [-0.25, -0.2) is 10.5 Å². The maximum absolute atomic E-state index is 14.0. The molecule has 3 amide bonds. The largest absolute Gasteiger partial charge is 0.456 e. The number of nitrogens with one attached hydrogen (secondary N) is 3. The molecule has 1 aromatic rings. The Labute approximate surface area is 348 Å². The first-order chi connectivity index (χ1) is 28.0. The van der Waals surface area contributed by atoms with Gasteiger partial charge in [-0.05, 0) is 57.2 Å². The maximum Gasteiger partial charge on any atom is 0.325 e. The molecule has 326 valence electrons. The van der Waals surface area contributed by atoms with Gasteiger partial charge in [0.2, 0.25) is 5.91 Å². The van der Waals surface area contributed by atoms with Gasteiger partial charge >= 0.3 is 5.97 Å². The molecule has 1 aliphatic rings. The molecule has 1 saturated heterocycles. The van der Waals surface area contributed by atoms with Crippen molar-refractivity contribution in [1.82, 2.24) is 26.1 Å². The first kappa shape index (κ1) is 50.3. The quantitative estimate of drug-likeness (QED) is 0.0336. The van der Waals surface area contributed by atoms with Crippen LogP contribution in [0.1, 0.15) is 72.3 Å². The fourth-order valence-electron chi connectivity index (χ4n) is 6.43. The monoisotopic (exact) mass is 823 g/mol. The fourth-order valence-corrected chi connectivity index (χ4v) is 6.43. The summed E-state index contributed by atoms with van der Waals surface area (Å²) < 4.78 is 6.02. The molecule has 0 spiro atoms. The number of aldehydes is 1. The van der Waals surface area contributed by atoms with E-state index in [2.05, 4.69) is 16.1 Å². The number of aliphatic hydroxyl groups excluding tert-OH is 2. The summed E-state index contributed by atoms with van der Waals surface area (Å²) in [5.74, 6) is -3.32. The second-order valence-corrected chi connectivity index (χ2v) is 15.2. The smallest absolute Gasteiger partial charge is 0.325 e. The van der Waals surface area contributed by atoms with E-state index in [0.717, 1.165) is 10.6 Å². The molecular weight excluding hydrogens is 759 g/mol. The van der Waals surface area contributed by atoms with Crippen LogP contribution < -0.4 is 16.1 Å². The number of hydrazine groups is 1. The molecular formula is C44H65N5O10. The number of likely N-dealkylation sites (N-methyl/N-ethyl adjacent to an activating group) is 2. The Morgan fingerprint density at radius 2 is 1.75 bits per heavy atom. The highest BCUT2D eigenvalue weighted by Gasteiger charge is 2.35. The van der Waals surface area contributed by atoms with Crippen LogP contribution in [0.4, 0.5) is 0 Å². The minimum Gasteiger partial charge on any atom is -0.456 e.